The summed E-state index contributed by atoms with van der Waals surface area (Å²) in [5, 5.41) is 20.0. The van der Waals surface area contributed by atoms with Crippen molar-refractivity contribution < 1.29 is 10.2 Å². The number of rotatable bonds is 25. The van der Waals surface area contributed by atoms with E-state index in [1.807, 2.05) is 20.0 Å². The van der Waals surface area contributed by atoms with Crippen LogP contribution in [0.3, 0.4) is 0 Å². The van der Waals surface area contributed by atoms with Gasteiger partial charge in [-0.1, -0.05) is 142 Å². The summed E-state index contributed by atoms with van der Waals surface area (Å²) in [6.07, 6.45) is 31.8. The third-order valence-electron chi connectivity index (χ3n) is 6.67. The molecule has 2 unspecified atom stereocenters. The van der Waals surface area contributed by atoms with Gasteiger partial charge in [0, 0.05) is 6.20 Å². The molecule has 2 N–H and O–H groups in total. The second-order valence-corrected chi connectivity index (χ2v) is 9.76. The van der Waals surface area contributed by atoms with Crippen molar-refractivity contribution >= 4 is 0 Å². The van der Waals surface area contributed by atoms with Crippen molar-refractivity contribution in [2.24, 2.45) is 0 Å². The average Bonchev–Trinajstić information content (AvgIpc) is 2.81. The minimum Gasteiger partial charge on any atom is -0.374 e. The van der Waals surface area contributed by atoms with Gasteiger partial charge in [0.25, 0.3) is 0 Å². The van der Waals surface area contributed by atoms with Crippen LogP contribution in [0.4, 0.5) is 0 Å². The molecule has 0 rings (SSSR count). The van der Waals surface area contributed by atoms with Crippen LogP contribution in [-0.4, -0.2) is 27.6 Å². The third kappa shape index (κ3) is 20.1. The Labute approximate surface area is 202 Å². The Morgan fingerprint density at radius 3 is 1.12 bits per heavy atom. The zero-order valence-corrected chi connectivity index (χ0v) is 22.2. The molecule has 32 heavy (non-hydrogen) atoms. The first kappa shape index (κ1) is 31.5. The normalized spacial score (nSPS) is 13.7. The smallest absolute Gasteiger partial charge is 0.128 e. The maximum Gasteiger partial charge on any atom is 0.128 e. The van der Waals surface area contributed by atoms with Crippen molar-refractivity contribution in [3.05, 3.63) is 12.3 Å². The number of allylic oxidation sites excluding steroid dienone is 1. The topological polar surface area (TPSA) is 43.7 Å². The summed E-state index contributed by atoms with van der Waals surface area (Å²) in [6.45, 7) is 6.16. The van der Waals surface area contributed by atoms with E-state index in [0.717, 1.165) is 6.42 Å². The van der Waals surface area contributed by atoms with Gasteiger partial charge in [0.2, 0.25) is 0 Å². The van der Waals surface area contributed by atoms with Crippen LogP contribution in [0, 0.1) is 0 Å². The summed E-state index contributed by atoms with van der Waals surface area (Å²) in [7, 11) is 0. The highest BCUT2D eigenvalue weighted by atomic mass is 16.3. The molecule has 0 aliphatic carbocycles. The van der Waals surface area contributed by atoms with Crippen LogP contribution in [0.15, 0.2) is 12.3 Å². The van der Waals surface area contributed by atoms with Crippen LogP contribution in [0.1, 0.15) is 162 Å². The lowest BCUT2D eigenvalue weighted by Gasteiger charge is -2.30. The van der Waals surface area contributed by atoms with E-state index in [1.165, 1.54) is 122 Å². The first-order valence-corrected chi connectivity index (χ1v) is 14.5. The molecule has 0 aromatic rings. The highest BCUT2D eigenvalue weighted by Gasteiger charge is 2.16. The lowest BCUT2D eigenvalue weighted by Crippen LogP contribution is -2.38. The molecule has 0 aliphatic heterocycles. The van der Waals surface area contributed by atoms with Crippen molar-refractivity contribution in [2.45, 2.75) is 174 Å². The van der Waals surface area contributed by atoms with Gasteiger partial charge in [-0.05, 0) is 25.7 Å². The Morgan fingerprint density at radius 1 is 0.500 bits per heavy atom. The average molecular weight is 454 g/mol. The van der Waals surface area contributed by atoms with E-state index in [2.05, 4.69) is 13.0 Å². The van der Waals surface area contributed by atoms with Crippen LogP contribution >= 0.6 is 0 Å². The minimum atomic E-state index is -0.591. The molecule has 0 aromatic heterocycles. The molecule has 0 spiro atoms. The quantitative estimate of drug-likeness (QED) is 0.107. The van der Waals surface area contributed by atoms with Gasteiger partial charge in [-0.25, -0.2) is 0 Å². The van der Waals surface area contributed by atoms with E-state index in [1.54, 1.807) is 4.90 Å². The highest BCUT2D eigenvalue weighted by Crippen LogP contribution is 2.15. The van der Waals surface area contributed by atoms with E-state index in [-0.39, 0.29) is 0 Å². The number of aliphatic hydroxyl groups excluding tert-OH is 2. The second-order valence-electron chi connectivity index (χ2n) is 9.76. The molecule has 0 amide bonds. The maximum atomic E-state index is 10.00. The van der Waals surface area contributed by atoms with E-state index >= 15 is 0 Å². The van der Waals surface area contributed by atoms with Gasteiger partial charge in [0.15, 0.2) is 0 Å². The molecular formula is C29H59NO2. The second kappa shape index (κ2) is 25.1. The largest absolute Gasteiger partial charge is 0.374 e. The predicted octanol–water partition coefficient (Wildman–Crippen LogP) is 9.08. The molecule has 0 aromatic carbocycles. The van der Waals surface area contributed by atoms with E-state index in [0.29, 0.717) is 12.8 Å². The van der Waals surface area contributed by atoms with Gasteiger partial charge in [0.05, 0.1) is 0 Å². The summed E-state index contributed by atoms with van der Waals surface area (Å²) in [4.78, 5) is 1.68. The molecule has 192 valence electrons. The fraction of sp³-hybridized carbons (Fsp3) is 0.931. The summed E-state index contributed by atoms with van der Waals surface area (Å²) in [5.41, 5.74) is 0. The van der Waals surface area contributed by atoms with E-state index in [4.69, 9.17) is 0 Å². The van der Waals surface area contributed by atoms with Crippen molar-refractivity contribution in [1.29, 1.82) is 0 Å². The Balaban J connectivity index is 3.34. The number of nitrogens with zero attached hydrogens (tertiary/aromatic N) is 1. The Hall–Kier alpha value is -0.540. The molecule has 0 heterocycles. The van der Waals surface area contributed by atoms with Crippen molar-refractivity contribution in [1.82, 2.24) is 4.90 Å². The van der Waals surface area contributed by atoms with Crippen molar-refractivity contribution in [3.8, 4) is 0 Å². The standard InChI is InChI=1S/C29H59NO2/c1-4-7-8-9-10-11-12-13-14-15-16-17-18-19-20-21-22-23-24-25-26-27-30(28(31)5-2)29(32)6-3/h26-29,31-32H,4-25H2,1-3H3. The highest BCUT2D eigenvalue weighted by molar-refractivity contribution is 4.85. The van der Waals surface area contributed by atoms with Crippen LogP contribution in [0.25, 0.3) is 0 Å². The van der Waals surface area contributed by atoms with Crippen LogP contribution in [0.2, 0.25) is 0 Å². The van der Waals surface area contributed by atoms with Gasteiger partial charge >= 0.3 is 0 Å². The summed E-state index contributed by atoms with van der Waals surface area (Å²) >= 11 is 0. The summed E-state index contributed by atoms with van der Waals surface area (Å²) in [5.74, 6) is 0. The molecular weight excluding hydrogens is 394 g/mol. The van der Waals surface area contributed by atoms with Gasteiger partial charge in [-0.15, -0.1) is 0 Å². The van der Waals surface area contributed by atoms with Gasteiger partial charge in [-0.3, -0.25) is 0 Å². The summed E-state index contributed by atoms with van der Waals surface area (Å²) in [6, 6.07) is 0. The maximum absolute atomic E-state index is 10.00. The Kier molecular flexibility index (Phi) is 24.7. The molecule has 0 radical (unpaired) electrons. The van der Waals surface area contributed by atoms with Crippen LogP contribution in [0.5, 0.6) is 0 Å². The fourth-order valence-corrected chi connectivity index (χ4v) is 4.36. The molecule has 0 aliphatic rings. The molecule has 3 nitrogen and oxygen atoms in total. The lowest BCUT2D eigenvalue weighted by atomic mass is 10.0. The number of aliphatic hydroxyl groups is 2. The van der Waals surface area contributed by atoms with Crippen LogP contribution in [-0.2, 0) is 0 Å². The monoisotopic (exact) mass is 453 g/mol. The first-order chi connectivity index (χ1) is 15.7. The number of hydrogen-bond donors (Lipinski definition) is 2. The predicted molar refractivity (Wildman–Crippen MR) is 142 cm³/mol. The van der Waals surface area contributed by atoms with Crippen molar-refractivity contribution in [3.63, 3.8) is 0 Å². The number of hydrogen-bond acceptors (Lipinski definition) is 3. The number of unbranched alkanes of at least 4 members (excludes halogenated alkanes) is 19. The zero-order chi connectivity index (χ0) is 23.7. The third-order valence-corrected chi connectivity index (χ3v) is 6.67. The minimum absolute atomic E-state index is 0.591. The van der Waals surface area contributed by atoms with Crippen LogP contribution < -0.4 is 0 Å². The van der Waals surface area contributed by atoms with Gasteiger partial charge in [-0.2, -0.15) is 0 Å². The Morgan fingerprint density at radius 2 is 0.812 bits per heavy atom. The molecule has 0 saturated heterocycles. The first-order valence-electron chi connectivity index (χ1n) is 14.5. The van der Waals surface area contributed by atoms with Gasteiger partial charge in [0.1, 0.15) is 12.5 Å². The molecule has 3 heteroatoms. The zero-order valence-electron chi connectivity index (χ0n) is 22.2. The molecule has 0 fully saturated rings. The Bertz CT molecular complexity index is 375. The fourth-order valence-electron chi connectivity index (χ4n) is 4.36. The molecule has 2 atom stereocenters. The molecule has 0 saturated carbocycles. The van der Waals surface area contributed by atoms with E-state index < -0.39 is 12.5 Å². The van der Waals surface area contributed by atoms with Gasteiger partial charge < -0.3 is 15.1 Å². The SMILES string of the molecule is CCCCCCCCCCCCCCCCCCCCCC=CN(C(O)CC)C(O)CC. The van der Waals surface area contributed by atoms with Crippen molar-refractivity contribution in [2.75, 3.05) is 0 Å². The summed E-state index contributed by atoms with van der Waals surface area (Å²) < 4.78 is 0. The lowest BCUT2D eigenvalue weighted by molar-refractivity contribution is -0.0725. The molecule has 0 bridgehead atoms. The van der Waals surface area contributed by atoms with E-state index in [9.17, 15) is 10.2 Å².